The molecule has 1 aliphatic heterocycles. The van der Waals surface area contributed by atoms with Gasteiger partial charge < -0.3 is 9.84 Å². The van der Waals surface area contributed by atoms with E-state index in [4.69, 9.17) is 4.74 Å². The monoisotopic (exact) mass is 428 g/mol. The summed E-state index contributed by atoms with van der Waals surface area (Å²) in [5.74, 6) is 4.43. The largest absolute Gasteiger partial charge is 0.480 e. The van der Waals surface area contributed by atoms with Gasteiger partial charge in [0, 0.05) is 19.5 Å². The molecule has 0 radical (unpaired) electrons. The van der Waals surface area contributed by atoms with E-state index in [-0.39, 0.29) is 11.3 Å². The molecule has 0 saturated carbocycles. The molecule has 158 valence electrons. The molecule has 2 aromatic rings. The lowest BCUT2D eigenvalue weighted by Gasteiger charge is -2.24. The first kappa shape index (κ1) is 22.0. The van der Waals surface area contributed by atoms with Crippen molar-refractivity contribution >= 4 is 16.0 Å². The van der Waals surface area contributed by atoms with Gasteiger partial charge in [-0.05, 0) is 23.3 Å². The van der Waals surface area contributed by atoms with Crippen LogP contribution in [0.25, 0.3) is 11.1 Å². The molecule has 7 nitrogen and oxygen atoms in total. The smallest absolute Gasteiger partial charge is 0.322 e. The summed E-state index contributed by atoms with van der Waals surface area (Å²) < 4.78 is 32.8. The van der Waals surface area contributed by atoms with Crippen LogP contribution in [0.5, 0.6) is 0 Å². The molecule has 0 spiro atoms. The lowest BCUT2D eigenvalue weighted by molar-refractivity contribution is -0.138. The van der Waals surface area contributed by atoms with Crippen molar-refractivity contribution in [1.82, 2.24) is 9.62 Å². The second kappa shape index (κ2) is 10.4. The Labute approximate surface area is 176 Å². The molecule has 2 N–H and O–H groups in total. The van der Waals surface area contributed by atoms with Crippen molar-refractivity contribution in [3.8, 4) is 23.0 Å². The highest BCUT2D eigenvalue weighted by Gasteiger charge is 2.24. The van der Waals surface area contributed by atoms with Gasteiger partial charge in [-0.15, -0.1) is 0 Å². The number of nitrogens with zero attached hydrogens (tertiary/aromatic N) is 1. The van der Waals surface area contributed by atoms with Crippen molar-refractivity contribution in [3.63, 3.8) is 0 Å². The van der Waals surface area contributed by atoms with E-state index in [0.29, 0.717) is 19.8 Å². The van der Waals surface area contributed by atoms with E-state index in [0.717, 1.165) is 24.2 Å². The number of hydrogen-bond donors (Lipinski definition) is 2. The van der Waals surface area contributed by atoms with Crippen molar-refractivity contribution in [2.45, 2.75) is 17.4 Å². The topological polar surface area (TPSA) is 95.9 Å². The van der Waals surface area contributed by atoms with Gasteiger partial charge in [-0.25, -0.2) is 8.42 Å². The number of ether oxygens (including phenoxy) is 1. The van der Waals surface area contributed by atoms with Crippen molar-refractivity contribution in [2.75, 3.05) is 32.8 Å². The molecule has 3 rings (SSSR count). The highest BCUT2D eigenvalue weighted by Crippen LogP contribution is 2.21. The number of morpholine rings is 1. The minimum atomic E-state index is -3.99. The fourth-order valence-electron chi connectivity index (χ4n) is 2.99. The van der Waals surface area contributed by atoms with E-state index >= 15 is 0 Å². The third kappa shape index (κ3) is 6.15. The quantitative estimate of drug-likeness (QED) is 0.653. The maximum absolute atomic E-state index is 12.6. The van der Waals surface area contributed by atoms with Crippen molar-refractivity contribution < 1.29 is 23.1 Å². The summed E-state index contributed by atoms with van der Waals surface area (Å²) in [6.07, 6.45) is -0.110. The second-order valence-corrected chi connectivity index (χ2v) is 8.56. The molecule has 1 fully saturated rings. The molecular formula is C22H24N2O5S. The number of hydrogen-bond acceptors (Lipinski definition) is 5. The number of carbonyl (C=O) groups is 1. The molecule has 8 heteroatoms. The van der Waals surface area contributed by atoms with Gasteiger partial charge in [-0.3, -0.25) is 9.69 Å². The van der Waals surface area contributed by atoms with Crippen LogP contribution in [0.1, 0.15) is 6.42 Å². The predicted octanol–water partition coefficient (Wildman–Crippen LogP) is 1.81. The van der Waals surface area contributed by atoms with Crippen LogP contribution in [0, 0.1) is 11.8 Å². The Morgan fingerprint density at radius 1 is 1.03 bits per heavy atom. The zero-order chi connectivity index (χ0) is 21.4. The van der Waals surface area contributed by atoms with Crippen LogP contribution in [0.3, 0.4) is 0 Å². The number of carboxylic acids is 1. The van der Waals surface area contributed by atoms with Gasteiger partial charge >= 0.3 is 5.97 Å². The van der Waals surface area contributed by atoms with E-state index < -0.39 is 22.0 Å². The number of rotatable bonds is 7. The number of carboxylic acid groups (broad SMARTS) is 1. The summed E-state index contributed by atoms with van der Waals surface area (Å²) >= 11 is 0. The fourth-order valence-corrected chi connectivity index (χ4v) is 4.18. The standard InChI is InChI=1S/C22H24N2O5S/c25-22(26)21(8-4-5-13-24-14-16-29-17-15-24)23-30(27,28)20-11-9-19(10-12-20)18-6-2-1-3-7-18/h1-3,6-7,9-12,21,23H,8,13-17H2,(H,25,26)/t21-/m1/s1. The summed E-state index contributed by atoms with van der Waals surface area (Å²) in [4.78, 5) is 13.6. The highest BCUT2D eigenvalue weighted by atomic mass is 32.2. The molecule has 1 atom stereocenters. The normalized spacial score (nSPS) is 15.7. The minimum Gasteiger partial charge on any atom is -0.480 e. The van der Waals surface area contributed by atoms with Crippen molar-refractivity contribution in [2.24, 2.45) is 0 Å². The number of aliphatic carboxylic acids is 1. The third-order valence-corrected chi connectivity index (χ3v) is 6.19. The number of nitrogens with one attached hydrogen (secondary N) is 1. The Morgan fingerprint density at radius 2 is 1.67 bits per heavy atom. The van der Waals surface area contributed by atoms with Gasteiger partial charge in [-0.1, -0.05) is 54.3 Å². The first-order valence-corrected chi connectivity index (χ1v) is 11.1. The molecule has 1 aliphatic rings. The Morgan fingerprint density at radius 3 is 2.30 bits per heavy atom. The van der Waals surface area contributed by atoms with Crippen LogP contribution in [-0.2, 0) is 19.6 Å². The first-order valence-electron chi connectivity index (χ1n) is 9.62. The Balaban J connectivity index is 1.63. The number of sulfonamides is 1. The van der Waals surface area contributed by atoms with E-state index in [1.165, 1.54) is 12.1 Å². The summed E-state index contributed by atoms with van der Waals surface area (Å²) in [5.41, 5.74) is 1.84. The maximum Gasteiger partial charge on any atom is 0.322 e. The minimum absolute atomic E-state index is 0.00899. The van der Waals surface area contributed by atoms with E-state index in [9.17, 15) is 18.3 Å². The molecular weight excluding hydrogens is 404 g/mol. The third-order valence-electron chi connectivity index (χ3n) is 4.70. The van der Waals surface area contributed by atoms with Gasteiger partial charge in [0.15, 0.2) is 0 Å². The van der Waals surface area contributed by atoms with E-state index in [1.807, 2.05) is 30.3 Å². The Bertz CT molecular complexity index is 1000. The van der Waals surface area contributed by atoms with Gasteiger partial charge in [0.25, 0.3) is 0 Å². The highest BCUT2D eigenvalue weighted by molar-refractivity contribution is 7.89. The summed E-state index contributed by atoms with van der Waals surface area (Å²) in [6, 6.07) is 14.6. The zero-order valence-electron chi connectivity index (χ0n) is 16.5. The second-order valence-electron chi connectivity index (χ2n) is 6.85. The van der Waals surface area contributed by atoms with Crippen molar-refractivity contribution in [3.05, 3.63) is 54.6 Å². The van der Waals surface area contributed by atoms with Gasteiger partial charge in [-0.2, -0.15) is 4.72 Å². The van der Waals surface area contributed by atoms with Crippen LogP contribution in [-0.4, -0.2) is 63.3 Å². The van der Waals surface area contributed by atoms with Gasteiger partial charge in [0.2, 0.25) is 10.0 Å². The zero-order valence-corrected chi connectivity index (χ0v) is 17.3. The number of benzene rings is 2. The fraction of sp³-hybridized carbons (Fsp3) is 0.318. The van der Waals surface area contributed by atoms with Crippen molar-refractivity contribution in [1.29, 1.82) is 0 Å². The summed E-state index contributed by atoms with van der Waals surface area (Å²) in [7, 11) is -3.99. The Kier molecular flexibility index (Phi) is 7.60. The molecule has 0 amide bonds. The van der Waals surface area contributed by atoms with E-state index in [2.05, 4.69) is 21.5 Å². The van der Waals surface area contributed by atoms with Crippen LogP contribution in [0.15, 0.2) is 59.5 Å². The predicted molar refractivity (Wildman–Crippen MR) is 113 cm³/mol. The lowest BCUT2D eigenvalue weighted by Crippen LogP contribution is -2.40. The molecule has 0 bridgehead atoms. The first-order chi connectivity index (χ1) is 14.5. The molecule has 0 aromatic heterocycles. The average Bonchev–Trinajstić information content (AvgIpc) is 2.77. The van der Waals surface area contributed by atoms with Crippen LogP contribution < -0.4 is 4.72 Å². The van der Waals surface area contributed by atoms with Crippen LogP contribution in [0.2, 0.25) is 0 Å². The molecule has 0 unspecified atom stereocenters. The lowest BCUT2D eigenvalue weighted by atomic mass is 10.1. The Hall–Kier alpha value is -2.70. The maximum atomic E-state index is 12.6. The van der Waals surface area contributed by atoms with Crippen LogP contribution >= 0.6 is 0 Å². The van der Waals surface area contributed by atoms with E-state index in [1.54, 1.807) is 12.1 Å². The van der Waals surface area contributed by atoms with Gasteiger partial charge in [0.1, 0.15) is 6.04 Å². The molecule has 0 aliphatic carbocycles. The summed E-state index contributed by atoms with van der Waals surface area (Å²) in [5, 5.41) is 9.40. The van der Waals surface area contributed by atoms with Gasteiger partial charge in [0.05, 0.1) is 24.7 Å². The SMILES string of the molecule is O=C(O)[C@@H](CC#CCN1CCOCC1)NS(=O)(=O)c1ccc(-c2ccccc2)cc1. The summed E-state index contributed by atoms with van der Waals surface area (Å²) in [6.45, 7) is 3.37. The molecule has 30 heavy (non-hydrogen) atoms. The molecule has 1 saturated heterocycles. The van der Waals surface area contributed by atoms with Crippen LogP contribution in [0.4, 0.5) is 0 Å². The average molecular weight is 429 g/mol. The molecule has 2 aromatic carbocycles. The molecule has 1 heterocycles.